The van der Waals surface area contributed by atoms with E-state index >= 15 is 0 Å². The molecule has 2 aromatic rings. The lowest BCUT2D eigenvalue weighted by Crippen LogP contribution is -2.29. The van der Waals surface area contributed by atoms with E-state index in [2.05, 4.69) is 10.3 Å². The van der Waals surface area contributed by atoms with Crippen LogP contribution in [0.25, 0.3) is 0 Å². The maximum Gasteiger partial charge on any atom is 0.325 e. The molecule has 0 unspecified atom stereocenters. The Morgan fingerprint density at radius 3 is 2.47 bits per heavy atom. The van der Waals surface area contributed by atoms with E-state index in [0.29, 0.717) is 30.1 Å². The summed E-state index contributed by atoms with van der Waals surface area (Å²) >= 11 is 1.48. The van der Waals surface area contributed by atoms with Crippen LogP contribution in [0.3, 0.4) is 0 Å². The molecule has 0 saturated heterocycles. The van der Waals surface area contributed by atoms with E-state index in [-0.39, 0.29) is 23.2 Å². The highest BCUT2D eigenvalue weighted by Gasteiger charge is 2.33. The number of hydrogen-bond acceptors (Lipinski definition) is 4. The predicted molar refractivity (Wildman–Crippen MR) is 133 cm³/mol. The number of aromatic nitrogens is 1. The molecule has 0 bridgehead atoms. The second-order valence-corrected chi connectivity index (χ2v) is 12.1. The topological polar surface area (TPSA) is 82.5 Å². The summed E-state index contributed by atoms with van der Waals surface area (Å²) in [6, 6.07) is 8.46. The fourth-order valence-electron chi connectivity index (χ4n) is 4.75. The van der Waals surface area contributed by atoms with Gasteiger partial charge in [0.2, 0.25) is 0 Å². The van der Waals surface area contributed by atoms with Crippen molar-refractivity contribution in [3.05, 3.63) is 59.4 Å². The van der Waals surface area contributed by atoms with Gasteiger partial charge in [-0.15, -0.1) is 11.8 Å². The van der Waals surface area contributed by atoms with Crippen molar-refractivity contribution in [3.8, 4) is 0 Å². The van der Waals surface area contributed by atoms with Crippen LogP contribution in [0.15, 0.2) is 41.4 Å². The first kappa shape index (κ1) is 27.3. The summed E-state index contributed by atoms with van der Waals surface area (Å²) in [7, 11) is -3.97. The highest BCUT2D eigenvalue weighted by atomic mass is 32.2. The number of thioether (sulfide) groups is 1. The highest BCUT2D eigenvalue weighted by molar-refractivity contribution is 7.99. The van der Waals surface area contributed by atoms with Gasteiger partial charge in [0.1, 0.15) is 11.6 Å². The van der Waals surface area contributed by atoms with Crippen LogP contribution in [-0.2, 0) is 16.5 Å². The Hall–Kier alpha value is -1.31. The molecule has 5 nitrogen and oxygen atoms in total. The Morgan fingerprint density at radius 2 is 1.79 bits per heavy atom. The van der Waals surface area contributed by atoms with Crippen molar-refractivity contribution in [2.24, 2.45) is 0 Å². The van der Waals surface area contributed by atoms with Crippen molar-refractivity contribution in [1.82, 2.24) is 10.3 Å². The van der Waals surface area contributed by atoms with Gasteiger partial charge in [-0.2, -0.15) is 0 Å². The van der Waals surface area contributed by atoms with Gasteiger partial charge in [0.15, 0.2) is 0 Å². The molecule has 0 atom stereocenters. The molecular formula is C25H35F2N2O3PS. The number of pyridine rings is 1. The van der Waals surface area contributed by atoms with Crippen LogP contribution in [0.2, 0.25) is 0 Å². The molecule has 1 aromatic heterocycles. The molecule has 0 radical (unpaired) electrons. The number of unbranched alkanes of at least 4 members (excludes halogenated alkanes) is 1. The van der Waals surface area contributed by atoms with Crippen molar-refractivity contribution in [2.75, 3.05) is 18.5 Å². The summed E-state index contributed by atoms with van der Waals surface area (Å²) in [5.41, 5.74) is 1.96. The van der Waals surface area contributed by atoms with Gasteiger partial charge >= 0.3 is 7.60 Å². The van der Waals surface area contributed by atoms with E-state index < -0.39 is 7.60 Å². The zero-order valence-electron chi connectivity index (χ0n) is 19.5. The molecule has 0 spiro atoms. The minimum atomic E-state index is -3.97. The summed E-state index contributed by atoms with van der Waals surface area (Å²) in [6.07, 6.45) is 10.9. The smallest absolute Gasteiger partial charge is 0.324 e. The van der Waals surface area contributed by atoms with E-state index in [1.54, 1.807) is 18.3 Å². The van der Waals surface area contributed by atoms with Gasteiger partial charge in [-0.1, -0.05) is 37.8 Å². The maximum atomic E-state index is 14.5. The lowest BCUT2D eigenvalue weighted by Gasteiger charge is -2.38. The summed E-state index contributed by atoms with van der Waals surface area (Å²) < 4.78 is 38.7. The van der Waals surface area contributed by atoms with Gasteiger partial charge in [0.05, 0.1) is 16.8 Å². The largest absolute Gasteiger partial charge is 0.325 e. The van der Waals surface area contributed by atoms with Crippen LogP contribution in [0.4, 0.5) is 8.78 Å². The molecule has 188 valence electrons. The fraction of sp³-hybridized carbons (Fsp3) is 0.560. The summed E-state index contributed by atoms with van der Waals surface area (Å²) in [5.74, 6) is 0.337. The van der Waals surface area contributed by atoms with Crippen LogP contribution in [0.1, 0.15) is 69.0 Å². The molecule has 1 aromatic carbocycles. The molecule has 0 amide bonds. The minimum absolute atomic E-state index is 0.142. The molecule has 3 N–H and O–H groups in total. The molecule has 1 aliphatic rings. The first-order valence-electron chi connectivity index (χ1n) is 12.1. The van der Waals surface area contributed by atoms with Gasteiger partial charge < -0.3 is 15.1 Å². The van der Waals surface area contributed by atoms with Gasteiger partial charge in [0, 0.05) is 12.7 Å². The molecule has 0 aliphatic heterocycles. The lowest BCUT2D eigenvalue weighted by molar-refractivity contribution is 0.267. The van der Waals surface area contributed by atoms with E-state index in [1.807, 2.05) is 12.1 Å². The Labute approximate surface area is 205 Å². The average molecular weight is 513 g/mol. The Balaban J connectivity index is 1.41. The summed E-state index contributed by atoms with van der Waals surface area (Å²) in [5, 5.41) is 3.03. The molecule has 1 aliphatic carbocycles. The predicted octanol–water partition coefficient (Wildman–Crippen LogP) is 6.18. The molecule has 1 heterocycles. The second-order valence-electron chi connectivity index (χ2n) is 9.18. The van der Waals surface area contributed by atoms with Crippen molar-refractivity contribution >= 4 is 19.4 Å². The standard InChI is InChI=1S/C25H35F2N2O3PS/c26-21-9-7-20(8-10-21)25(11-2-1-3-12-25)13-4-5-16-34-24-19-29-22(17-23(24)27)18-28-14-6-15-33(30,31)32/h7-10,17,19,28H,1-6,11-16,18H2,(H2,30,31,32). The number of rotatable bonds is 13. The monoisotopic (exact) mass is 512 g/mol. The van der Waals surface area contributed by atoms with Crippen molar-refractivity contribution in [2.45, 2.75) is 74.6 Å². The van der Waals surface area contributed by atoms with Gasteiger partial charge in [-0.3, -0.25) is 9.55 Å². The lowest BCUT2D eigenvalue weighted by atomic mass is 9.67. The van der Waals surface area contributed by atoms with E-state index in [0.717, 1.165) is 37.9 Å². The molecule has 1 fully saturated rings. The van der Waals surface area contributed by atoms with Crippen LogP contribution in [0, 0.1) is 11.6 Å². The average Bonchev–Trinajstić information content (AvgIpc) is 2.80. The maximum absolute atomic E-state index is 14.5. The molecule has 34 heavy (non-hydrogen) atoms. The zero-order valence-corrected chi connectivity index (χ0v) is 21.2. The first-order chi connectivity index (χ1) is 16.3. The fourth-order valence-corrected chi connectivity index (χ4v) is 6.21. The summed E-state index contributed by atoms with van der Waals surface area (Å²) in [4.78, 5) is 22.6. The highest BCUT2D eigenvalue weighted by Crippen LogP contribution is 2.43. The van der Waals surface area contributed by atoms with Gasteiger partial charge in [0.25, 0.3) is 0 Å². The van der Waals surface area contributed by atoms with E-state index in [9.17, 15) is 13.3 Å². The van der Waals surface area contributed by atoms with E-state index in [1.165, 1.54) is 42.7 Å². The van der Waals surface area contributed by atoms with E-state index in [4.69, 9.17) is 9.79 Å². The SMILES string of the molecule is O=P(O)(O)CCCNCc1cc(F)c(SCCCCC2(c3ccc(F)cc3)CCCCC2)cn1. The number of nitrogens with one attached hydrogen (secondary N) is 1. The third-order valence-electron chi connectivity index (χ3n) is 6.56. The van der Waals surface area contributed by atoms with Gasteiger partial charge in [-0.25, -0.2) is 8.78 Å². The third-order valence-corrected chi connectivity index (χ3v) is 8.56. The molecule has 1 saturated carbocycles. The molecule has 3 rings (SSSR count). The Bertz CT molecular complexity index is 950. The summed E-state index contributed by atoms with van der Waals surface area (Å²) in [6.45, 7) is 0.790. The van der Waals surface area contributed by atoms with Crippen LogP contribution >= 0.6 is 19.4 Å². The Morgan fingerprint density at radius 1 is 1.06 bits per heavy atom. The normalized spacial score (nSPS) is 16.0. The molecular weight excluding hydrogens is 477 g/mol. The number of hydrogen-bond donors (Lipinski definition) is 3. The van der Waals surface area contributed by atoms with Crippen LogP contribution < -0.4 is 5.32 Å². The van der Waals surface area contributed by atoms with Gasteiger partial charge in [-0.05, 0) is 73.6 Å². The van der Waals surface area contributed by atoms with Crippen molar-refractivity contribution in [1.29, 1.82) is 0 Å². The van der Waals surface area contributed by atoms with Crippen LogP contribution in [0.5, 0.6) is 0 Å². The number of benzene rings is 1. The van der Waals surface area contributed by atoms with Crippen molar-refractivity contribution in [3.63, 3.8) is 0 Å². The van der Waals surface area contributed by atoms with Crippen LogP contribution in [-0.4, -0.2) is 33.2 Å². The third kappa shape index (κ3) is 8.72. The quantitative estimate of drug-likeness (QED) is 0.169. The second kappa shape index (κ2) is 13.1. The number of nitrogens with zero attached hydrogens (tertiary/aromatic N) is 1. The zero-order chi connectivity index (χ0) is 24.4. The molecule has 9 heteroatoms. The number of halogens is 2. The minimum Gasteiger partial charge on any atom is -0.324 e. The Kier molecular flexibility index (Phi) is 10.5. The first-order valence-corrected chi connectivity index (χ1v) is 14.8. The van der Waals surface area contributed by atoms with Crippen molar-refractivity contribution < 1.29 is 23.1 Å².